The number of rotatable bonds is 6. The average Bonchev–Trinajstić information content (AvgIpc) is 2.63. The van der Waals surface area contributed by atoms with Crippen LogP contribution in [-0.2, 0) is 9.53 Å². The summed E-state index contributed by atoms with van der Waals surface area (Å²) in [7, 11) is 1.43. The Morgan fingerprint density at radius 3 is 2.54 bits per heavy atom. The third-order valence-electron chi connectivity index (χ3n) is 3.86. The van der Waals surface area contributed by atoms with Crippen LogP contribution in [0, 0.1) is 17.0 Å². The van der Waals surface area contributed by atoms with E-state index in [2.05, 4.69) is 5.32 Å². The fraction of sp³-hybridized carbons (Fsp3) is 0.222. The minimum Gasteiger partial charge on any atom is -0.495 e. The second-order valence-electron chi connectivity index (χ2n) is 5.87. The van der Waals surface area contributed by atoms with Crippen LogP contribution in [0.25, 0.3) is 0 Å². The van der Waals surface area contributed by atoms with Gasteiger partial charge in [-0.2, -0.15) is 0 Å². The normalized spacial score (nSPS) is 11.4. The van der Waals surface area contributed by atoms with Gasteiger partial charge in [-0.1, -0.05) is 11.6 Å². The molecule has 2 rings (SSSR count). The number of carbonyl (C=O) groups excluding carboxylic acids is 2. The average molecular weight is 408 g/mol. The van der Waals surface area contributed by atoms with E-state index in [1.807, 2.05) is 0 Å². The lowest BCUT2D eigenvalue weighted by Crippen LogP contribution is -2.30. The van der Waals surface area contributed by atoms with E-state index in [1.54, 1.807) is 19.1 Å². The van der Waals surface area contributed by atoms with Crippen molar-refractivity contribution in [2.24, 2.45) is 0 Å². The molecule has 0 unspecified atom stereocenters. The zero-order chi connectivity index (χ0) is 21.0. The lowest BCUT2D eigenvalue weighted by Gasteiger charge is -2.16. The third-order valence-corrected chi connectivity index (χ3v) is 4.26. The number of nitrogens with one attached hydrogen (secondary N) is 1. The lowest BCUT2D eigenvalue weighted by atomic mass is 10.1. The number of nitro benzene ring substituents is 1. The molecule has 2 aromatic rings. The van der Waals surface area contributed by atoms with Crippen LogP contribution in [0.2, 0.25) is 5.02 Å². The molecule has 0 saturated heterocycles. The molecule has 0 bridgehead atoms. The maximum atomic E-state index is 12.4. The van der Waals surface area contributed by atoms with Gasteiger partial charge in [-0.25, -0.2) is 4.79 Å². The number of amides is 1. The molecule has 2 aromatic carbocycles. The molecule has 0 radical (unpaired) electrons. The van der Waals surface area contributed by atoms with Gasteiger partial charge in [-0.15, -0.1) is 0 Å². The monoisotopic (exact) mass is 407 g/mol. The van der Waals surface area contributed by atoms with E-state index in [4.69, 9.17) is 26.8 Å². The van der Waals surface area contributed by atoms with Crippen LogP contribution in [-0.4, -0.2) is 30.0 Å². The first-order valence-electron chi connectivity index (χ1n) is 8.04. The number of benzene rings is 2. The number of halogens is 1. The number of hydrogen-bond donors (Lipinski definition) is 2. The smallest absolute Gasteiger partial charge is 0.341 e. The number of nitrogens with two attached hydrogens (primary N) is 1. The van der Waals surface area contributed by atoms with Gasteiger partial charge in [0.15, 0.2) is 6.10 Å². The molecule has 1 amide bonds. The Balaban J connectivity index is 2.11. The van der Waals surface area contributed by atoms with Crippen LogP contribution >= 0.6 is 11.6 Å². The van der Waals surface area contributed by atoms with E-state index in [0.29, 0.717) is 16.5 Å². The van der Waals surface area contributed by atoms with Crippen molar-refractivity contribution in [1.82, 2.24) is 0 Å². The number of esters is 1. The number of aryl methyl sites for hydroxylation is 1. The number of nitrogen functional groups attached to an aromatic ring is 1. The number of anilines is 2. The molecule has 9 nitrogen and oxygen atoms in total. The van der Waals surface area contributed by atoms with Gasteiger partial charge in [0.2, 0.25) is 0 Å². The van der Waals surface area contributed by atoms with Crippen molar-refractivity contribution in [3.63, 3.8) is 0 Å². The fourth-order valence-electron chi connectivity index (χ4n) is 2.29. The molecular formula is C18H18ClN3O6. The van der Waals surface area contributed by atoms with Crippen LogP contribution < -0.4 is 15.8 Å². The van der Waals surface area contributed by atoms with Gasteiger partial charge >= 0.3 is 5.97 Å². The Kier molecular flexibility index (Phi) is 6.42. The molecule has 0 spiro atoms. The summed E-state index contributed by atoms with van der Waals surface area (Å²) in [6, 6.07) is 6.52. The summed E-state index contributed by atoms with van der Waals surface area (Å²) in [5, 5.41) is 13.8. The molecule has 0 heterocycles. The maximum absolute atomic E-state index is 12.4. The van der Waals surface area contributed by atoms with Gasteiger partial charge in [0.25, 0.3) is 11.6 Å². The first kappa shape index (κ1) is 21.0. The van der Waals surface area contributed by atoms with Gasteiger partial charge in [0.05, 0.1) is 29.0 Å². The van der Waals surface area contributed by atoms with Gasteiger partial charge < -0.3 is 20.5 Å². The van der Waals surface area contributed by atoms with Crippen molar-refractivity contribution in [3.8, 4) is 5.75 Å². The molecule has 0 aliphatic heterocycles. The minimum atomic E-state index is -1.16. The predicted octanol–water partition coefficient (Wildman–Crippen LogP) is 3.33. The first-order valence-corrected chi connectivity index (χ1v) is 8.41. The molecule has 0 aliphatic carbocycles. The Morgan fingerprint density at radius 1 is 1.29 bits per heavy atom. The summed E-state index contributed by atoms with van der Waals surface area (Å²) < 4.78 is 10.3. The van der Waals surface area contributed by atoms with Crippen LogP contribution in [0.1, 0.15) is 22.8 Å². The Labute approximate surface area is 165 Å². The molecule has 3 N–H and O–H groups in total. The summed E-state index contributed by atoms with van der Waals surface area (Å²) >= 11 is 6.03. The molecular weight excluding hydrogens is 390 g/mol. The van der Waals surface area contributed by atoms with Gasteiger partial charge in [-0.05, 0) is 31.5 Å². The summed E-state index contributed by atoms with van der Waals surface area (Å²) in [6.07, 6.45) is -1.16. The maximum Gasteiger partial charge on any atom is 0.341 e. The zero-order valence-corrected chi connectivity index (χ0v) is 16.1. The summed E-state index contributed by atoms with van der Waals surface area (Å²) in [4.78, 5) is 34.7. The largest absolute Gasteiger partial charge is 0.495 e. The highest BCUT2D eigenvalue weighted by Crippen LogP contribution is 2.31. The van der Waals surface area contributed by atoms with E-state index in [1.165, 1.54) is 20.1 Å². The number of nitrogens with zero attached hydrogens (tertiary/aromatic N) is 1. The summed E-state index contributed by atoms with van der Waals surface area (Å²) in [6.45, 7) is 3.14. The van der Waals surface area contributed by atoms with E-state index >= 15 is 0 Å². The van der Waals surface area contributed by atoms with E-state index < -0.39 is 22.9 Å². The highest BCUT2D eigenvalue weighted by molar-refractivity contribution is 6.31. The summed E-state index contributed by atoms with van der Waals surface area (Å²) in [5.41, 5.74) is 6.30. The Hall–Kier alpha value is -3.33. The van der Waals surface area contributed by atoms with Crippen LogP contribution in [0.15, 0.2) is 30.3 Å². The predicted molar refractivity (Wildman–Crippen MR) is 104 cm³/mol. The van der Waals surface area contributed by atoms with E-state index in [0.717, 1.165) is 17.7 Å². The molecule has 0 aromatic heterocycles. The van der Waals surface area contributed by atoms with Gasteiger partial charge in [0, 0.05) is 23.2 Å². The van der Waals surface area contributed by atoms with E-state index in [9.17, 15) is 19.7 Å². The van der Waals surface area contributed by atoms with Crippen LogP contribution in [0.4, 0.5) is 17.1 Å². The molecule has 1 atom stereocenters. The zero-order valence-electron chi connectivity index (χ0n) is 15.3. The van der Waals surface area contributed by atoms with E-state index in [-0.39, 0.29) is 16.9 Å². The number of ether oxygens (including phenoxy) is 2. The first-order chi connectivity index (χ1) is 13.1. The van der Waals surface area contributed by atoms with Gasteiger partial charge in [0.1, 0.15) is 5.75 Å². The topological polar surface area (TPSA) is 134 Å². The molecule has 0 aliphatic rings. The van der Waals surface area contributed by atoms with Gasteiger partial charge in [-0.3, -0.25) is 14.9 Å². The highest BCUT2D eigenvalue weighted by Gasteiger charge is 2.23. The van der Waals surface area contributed by atoms with Crippen LogP contribution in [0.5, 0.6) is 5.75 Å². The van der Waals surface area contributed by atoms with Crippen molar-refractivity contribution in [3.05, 3.63) is 56.6 Å². The molecule has 0 fully saturated rings. The Bertz CT molecular complexity index is 947. The van der Waals surface area contributed by atoms with Crippen molar-refractivity contribution in [2.75, 3.05) is 18.2 Å². The highest BCUT2D eigenvalue weighted by atomic mass is 35.5. The third kappa shape index (κ3) is 4.68. The SMILES string of the molecule is COc1cc(Cl)c(C)cc1NC(=O)[C@@H](C)OC(=O)c1ccc([N+](=O)[O-])cc1N. The quantitative estimate of drug-likeness (QED) is 0.324. The Morgan fingerprint density at radius 2 is 1.96 bits per heavy atom. The minimum absolute atomic E-state index is 0.0785. The second-order valence-corrected chi connectivity index (χ2v) is 6.27. The van der Waals surface area contributed by atoms with Crippen LogP contribution in [0.3, 0.4) is 0 Å². The van der Waals surface area contributed by atoms with Crippen molar-refractivity contribution in [2.45, 2.75) is 20.0 Å². The fourth-order valence-corrected chi connectivity index (χ4v) is 2.44. The van der Waals surface area contributed by atoms with Crippen molar-refractivity contribution in [1.29, 1.82) is 0 Å². The second kappa shape index (κ2) is 8.57. The molecule has 28 heavy (non-hydrogen) atoms. The number of nitro groups is 1. The molecule has 0 saturated carbocycles. The number of carbonyl (C=O) groups is 2. The number of methoxy groups -OCH3 is 1. The standard InChI is InChI=1S/C18H18ClN3O6/c1-9-6-15(16(27-3)8-13(9)19)21-17(23)10(2)28-18(24)12-5-4-11(22(25)26)7-14(12)20/h4-8,10H,20H2,1-3H3,(H,21,23)/t10-/m1/s1. The molecule has 148 valence electrons. The summed E-state index contributed by atoms with van der Waals surface area (Å²) in [5.74, 6) is -1.13. The number of hydrogen-bond acceptors (Lipinski definition) is 7. The lowest BCUT2D eigenvalue weighted by molar-refractivity contribution is -0.384. The number of non-ortho nitro benzene ring substituents is 1. The molecule has 10 heteroatoms. The van der Waals surface area contributed by atoms with Crippen molar-refractivity contribution < 1.29 is 24.0 Å². The van der Waals surface area contributed by atoms with Crippen molar-refractivity contribution >= 4 is 40.5 Å².